The summed E-state index contributed by atoms with van der Waals surface area (Å²) in [6.07, 6.45) is 82.9. The average molecular weight is 1080 g/mol. The van der Waals surface area contributed by atoms with E-state index in [9.17, 15) is 14.4 Å². The molecule has 1 unspecified atom stereocenters. The van der Waals surface area contributed by atoms with Gasteiger partial charge in [-0.1, -0.05) is 313 Å². The van der Waals surface area contributed by atoms with E-state index in [2.05, 4.69) is 69.4 Å². The standard InChI is InChI=1S/C71H130O6/c1-4-7-10-13-16-19-21-23-25-27-29-31-33-35-37-39-41-43-45-47-49-52-55-58-61-64-70(73)76-67-68(66-75-69(72)63-60-57-54-51-18-15-12-9-6-3)77-71(74)65-62-59-56-53-50-48-46-44-42-40-38-36-34-32-30-28-26-24-22-20-17-14-11-8-5-2/h21-24,27-30,68H,4-20,25-26,31-67H2,1-3H3/b23-21-,24-22-,29-27-,30-28-. The number of hydrogen-bond acceptors (Lipinski definition) is 6. The highest BCUT2D eigenvalue weighted by Crippen LogP contribution is 2.18. The number of unbranched alkanes of at least 4 members (excludes halogenated alkanes) is 44. The molecule has 450 valence electrons. The van der Waals surface area contributed by atoms with Crippen molar-refractivity contribution in [2.45, 2.75) is 374 Å². The van der Waals surface area contributed by atoms with E-state index in [1.165, 1.54) is 257 Å². The Morgan fingerprint density at radius 1 is 0.260 bits per heavy atom. The van der Waals surface area contributed by atoms with Crippen LogP contribution in [0.15, 0.2) is 48.6 Å². The molecule has 0 aliphatic rings. The first-order chi connectivity index (χ1) is 38.0. The fourth-order valence-corrected chi connectivity index (χ4v) is 10.2. The van der Waals surface area contributed by atoms with E-state index in [1.807, 2.05) is 0 Å². The lowest BCUT2D eigenvalue weighted by Gasteiger charge is -2.18. The maximum absolute atomic E-state index is 12.9. The quantitative estimate of drug-likeness (QED) is 0.0261. The molecule has 6 heteroatoms. The van der Waals surface area contributed by atoms with Crippen LogP contribution in [-0.2, 0) is 28.6 Å². The van der Waals surface area contributed by atoms with Crippen molar-refractivity contribution in [2.24, 2.45) is 0 Å². The molecule has 0 aromatic carbocycles. The molecule has 0 radical (unpaired) electrons. The molecular weight excluding hydrogens is 949 g/mol. The van der Waals surface area contributed by atoms with Crippen LogP contribution in [0.4, 0.5) is 0 Å². The molecule has 0 saturated carbocycles. The van der Waals surface area contributed by atoms with Gasteiger partial charge in [0.1, 0.15) is 13.2 Å². The Kier molecular flexibility index (Phi) is 63.6. The van der Waals surface area contributed by atoms with Gasteiger partial charge in [0.2, 0.25) is 0 Å². The molecule has 77 heavy (non-hydrogen) atoms. The van der Waals surface area contributed by atoms with Crippen molar-refractivity contribution in [1.82, 2.24) is 0 Å². The van der Waals surface area contributed by atoms with Gasteiger partial charge in [0.05, 0.1) is 0 Å². The maximum Gasteiger partial charge on any atom is 0.306 e. The predicted octanol–water partition coefficient (Wildman–Crippen LogP) is 23.3. The Morgan fingerprint density at radius 3 is 0.714 bits per heavy atom. The van der Waals surface area contributed by atoms with Gasteiger partial charge in [-0.2, -0.15) is 0 Å². The first-order valence-corrected chi connectivity index (χ1v) is 34.1. The zero-order chi connectivity index (χ0) is 55.7. The molecular formula is C71H130O6. The maximum atomic E-state index is 12.9. The van der Waals surface area contributed by atoms with Crippen molar-refractivity contribution in [2.75, 3.05) is 13.2 Å². The second kappa shape index (κ2) is 65.9. The van der Waals surface area contributed by atoms with Crippen LogP contribution in [-0.4, -0.2) is 37.2 Å². The lowest BCUT2D eigenvalue weighted by atomic mass is 10.0. The zero-order valence-electron chi connectivity index (χ0n) is 51.7. The molecule has 0 N–H and O–H groups in total. The molecule has 0 heterocycles. The lowest BCUT2D eigenvalue weighted by molar-refractivity contribution is -0.167. The van der Waals surface area contributed by atoms with E-state index >= 15 is 0 Å². The summed E-state index contributed by atoms with van der Waals surface area (Å²) in [5.74, 6) is -0.851. The molecule has 0 aliphatic carbocycles. The van der Waals surface area contributed by atoms with E-state index in [0.717, 1.165) is 70.6 Å². The number of allylic oxidation sites excluding steroid dienone is 8. The SMILES string of the molecule is CCCCCCC/C=C\C/C=C\CCCCCCCCCCCCCCCC(=O)OCC(COC(=O)CCCCCCCCCCC)OC(=O)CCCCCCCCCCCCCCC/C=C\C/C=C\CCCCCCC. The summed E-state index contributed by atoms with van der Waals surface area (Å²) in [4.78, 5) is 38.3. The molecule has 0 aromatic heterocycles. The minimum absolute atomic E-state index is 0.0693. The molecule has 0 amide bonds. The Hall–Kier alpha value is -2.63. The third kappa shape index (κ3) is 64.1. The normalized spacial score (nSPS) is 12.3. The molecule has 0 rings (SSSR count). The number of rotatable bonds is 63. The smallest absolute Gasteiger partial charge is 0.306 e. The second-order valence-electron chi connectivity index (χ2n) is 23.1. The molecule has 0 bridgehead atoms. The topological polar surface area (TPSA) is 78.9 Å². The summed E-state index contributed by atoms with van der Waals surface area (Å²) >= 11 is 0. The number of hydrogen-bond donors (Lipinski definition) is 0. The van der Waals surface area contributed by atoms with Gasteiger partial charge in [0.15, 0.2) is 6.10 Å². The van der Waals surface area contributed by atoms with Crippen molar-refractivity contribution in [1.29, 1.82) is 0 Å². The summed E-state index contributed by atoms with van der Waals surface area (Å²) in [7, 11) is 0. The van der Waals surface area contributed by atoms with Crippen molar-refractivity contribution >= 4 is 17.9 Å². The number of ether oxygens (including phenoxy) is 3. The first kappa shape index (κ1) is 74.4. The summed E-state index contributed by atoms with van der Waals surface area (Å²) in [5.41, 5.74) is 0. The molecule has 0 aliphatic heterocycles. The number of carbonyl (C=O) groups is 3. The average Bonchev–Trinajstić information content (AvgIpc) is 3.43. The van der Waals surface area contributed by atoms with Crippen LogP contribution in [0.3, 0.4) is 0 Å². The highest BCUT2D eigenvalue weighted by Gasteiger charge is 2.19. The van der Waals surface area contributed by atoms with E-state index < -0.39 is 6.10 Å². The van der Waals surface area contributed by atoms with Crippen LogP contribution in [0.5, 0.6) is 0 Å². The van der Waals surface area contributed by atoms with E-state index in [-0.39, 0.29) is 31.1 Å². The summed E-state index contributed by atoms with van der Waals surface area (Å²) in [6.45, 7) is 6.65. The Bertz CT molecular complexity index is 1330. The Labute approximate surface area is 479 Å². The van der Waals surface area contributed by atoms with Gasteiger partial charge < -0.3 is 14.2 Å². The Morgan fingerprint density at radius 2 is 0.468 bits per heavy atom. The monoisotopic (exact) mass is 1080 g/mol. The molecule has 6 nitrogen and oxygen atoms in total. The van der Waals surface area contributed by atoms with Crippen LogP contribution in [0.25, 0.3) is 0 Å². The van der Waals surface area contributed by atoms with Crippen molar-refractivity contribution in [3.63, 3.8) is 0 Å². The fourth-order valence-electron chi connectivity index (χ4n) is 10.2. The van der Waals surface area contributed by atoms with E-state index in [1.54, 1.807) is 0 Å². The van der Waals surface area contributed by atoms with Crippen LogP contribution in [0.2, 0.25) is 0 Å². The molecule has 0 saturated heterocycles. The second-order valence-corrected chi connectivity index (χ2v) is 23.1. The van der Waals surface area contributed by atoms with Gasteiger partial charge in [-0.05, 0) is 83.5 Å². The molecule has 0 aromatic rings. The van der Waals surface area contributed by atoms with Crippen molar-refractivity contribution < 1.29 is 28.6 Å². The predicted molar refractivity (Wildman–Crippen MR) is 335 cm³/mol. The largest absolute Gasteiger partial charge is 0.462 e. The van der Waals surface area contributed by atoms with Crippen LogP contribution in [0, 0.1) is 0 Å². The van der Waals surface area contributed by atoms with Gasteiger partial charge in [-0.15, -0.1) is 0 Å². The van der Waals surface area contributed by atoms with E-state index in [0.29, 0.717) is 19.3 Å². The number of carbonyl (C=O) groups excluding carboxylic acids is 3. The first-order valence-electron chi connectivity index (χ1n) is 34.1. The van der Waals surface area contributed by atoms with Gasteiger partial charge in [-0.25, -0.2) is 0 Å². The summed E-state index contributed by atoms with van der Waals surface area (Å²) < 4.78 is 16.9. The molecule has 0 spiro atoms. The van der Waals surface area contributed by atoms with Crippen molar-refractivity contribution in [3.05, 3.63) is 48.6 Å². The highest BCUT2D eigenvalue weighted by atomic mass is 16.6. The Balaban J connectivity index is 4.15. The van der Waals surface area contributed by atoms with Crippen molar-refractivity contribution in [3.8, 4) is 0 Å². The fraction of sp³-hybridized carbons (Fsp3) is 0.845. The minimum Gasteiger partial charge on any atom is -0.462 e. The van der Waals surface area contributed by atoms with Crippen LogP contribution in [0.1, 0.15) is 367 Å². The third-order valence-electron chi connectivity index (χ3n) is 15.3. The van der Waals surface area contributed by atoms with Crippen LogP contribution < -0.4 is 0 Å². The number of esters is 3. The molecule has 1 atom stereocenters. The van der Waals surface area contributed by atoms with Gasteiger partial charge >= 0.3 is 17.9 Å². The summed E-state index contributed by atoms with van der Waals surface area (Å²) in [6, 6.07) is 0. The zero-order valence-corrected chi connectivity index (χ0v) is 51.7. The molecule has 0 fully saturated rings. The third-order valence-corrected chi connectivity index (χ3v) is 15.3. The minimum atomic E-state index is -0.771. The van der Waals surface area contributed by atoms with E-state index in [4.69, 9.17) is 14.2 Å². The van der Waals surface area contributed by atoms with Crippen LogP contribution >= 0.6 is 0 Å². The summed E-state index contributed by atoms with van der Waals surface area (Å²) in [5, 5.41) is 0. The lowest BCUT2D eigenvalue weighted by Crippen LogP contribution is -2.30. The van der Waals surface area contributed by atoms with Gasteiger partial charge in [-0.3, -0.25) is 14.4 Å². The van der Waals surface area contributed by atoms with Gasteiger partial charge in [0, 0.05) is 19.3 Å². The highest BCUT2D eigenvalue weighted by molar-refractivity contribution is 5.71. The van der Waals surface area contributed by atoms with Gasteiger partial charge in [0.25, 0.3) is 0 Å².